The van der Waals surface area contributed by atoms with E-state index in [0.29, 0.717) is 5.75 Å². The van der Waals surface area contributed by atoms with Gasteiger partial charge in [-0.05, 0) is 18.1 Å². The summed E-state index contributed by atoms with van der Waals surface area (Å²) in [4.78, 5) is 25.9. The molecule has 0 fully saturated rings. The zero-order chi connectivity index (χ0) is 12.2. The molecule has 0 spiro atoms. The summed E-state index contributed by atoms with van der Waals surface area (Å²) in [5, 5.41) is 13.8. The van der Waals surface area contributed by atoms with Crippen LogP contribution < -0.4 is 40.0 Å². The van der Waals surface area contributed by atoms with Crippen LogP contribution in [0.4, 0.5) is 4.79 Å². The van der Waals surface area contributed by atoms with Gasteiger partial charge in [0, 0.05) is 5.75 Å². The van der Waals surface area contributed by atoms with Crippen LogP contribution in [0.2, 0.25) is 0 Å². The van der Waals surface area contributed by atoms with Gasteiger partial charge in [0.1, 0.15) is 0 Å². The van der Waals surface area contributed by atoms with E-state index in [1.54, 1.807) is 0 Å². The molecule has 7 heteroatoms. The van der Waals surface area contributed by atoms with E-state index in [0.717, 1.165) is 5.75 Å². The molecule has 5 nitrogen and oxygen atoms in total. The van der Waals surface area contributed by atoms with Gasteiger partial charge in [0.25, 0.3) is 0 Å². The van der Waals surface area contributed by atoms with Gasteiger partial charge in [-0.15, -0.1) is 6.58 Å². The molecule has 0 aromatic rings. The molecule has 1 heterocycles. The van der Waals surface area contributed by atoms with E-state index >= 15 is 0 Å². The van der Waals surface area contributed by atoms with Gasteiger partial charge in [-0.1, -0.05) is 13.0 Å². The Labute approximate surface area is 126 Å². The number of carbonyl (C=O) groups excluding carboxylic acids is 2. The number of imide groups is 1. The summed E-state index contributed by atoms with van der Waals surface area (Å²) >= 11 is 1.46. The van der Waals surface area contributed by atoms with Gasteiger partial charge in [0.05, 0.1) is 5.41 Å². The maximum atomic E-state index is 11.8. The van der Waals surface area contributed by atoms with Gasteiger partial charge in [-0.2, -0.15) is 11.8 Å². The minimum atomic E-state index is -1.25. The molecule has 1 atom stereocenters. The molecule has 0 saturated heterocycles. The minimum absolute atomic E-state index is 0. The largest absolute Gasteiger partial charge is 1.00 e. The molecule has 0 radical (unpaired) electrons. The van der Waals surface area contributed by atoms with Crippen molar-refractivity contribution in [3.63, 3.8) is 0 Å². The number of hydrogen-bond acceptors (Lipinski definition) is 4. The summed E-state index contributed by atoms with van der Waals surface area (Å²) in [6.07, 6.45) is 1.69. The first-order chi connectivity index (χ1) is 7.56. The van der Waals surface area contributed by atoms with Crippen LogP contribution in [0.1, 0.15) is 13.3 Å². The fourth-order valence-electron chi connectivity index (χ4n) is 1.43. The summed E-state index contributed by atoms with van der Waals surface area (Å²) in [6, 6.07) is -0.879. The molecule has 0 aliphatic carbocycles. The number of urea groups is 1. The van der Waals surface area contributed by atoms with Gasteiger partial charge in [0.15, 0.2) is 0 Å². The molecule has 17 heavy (non-hydrogen) atoms. The first-order valence-electron chi connectivity index (χ1n) is 4.87. The Hall–Kier alpha value is -0.300. The van der Waals surface area contributed by atoms with Gasteiger partial charge in [0.2, 0.25) is 5.91 Å². The molecule has 1 aliphatic rings. The summed E-state index contributed by atoms with van der Waals surface area (Å²) in [5.41, 5.74) is -1.25. The van der Waals surface area contributed by atoms with Crippen molar-refractivity contribution < 1.29 is 44.3 Å². The third-order valence-electron chi connectivity index (χ3n) is 2.31. The van der Waals surface area contributed by atoms with Crippen molar-refractivity contribution in [2.75, 3.05) is 11.5 Å². The summed E-state index contributed by atoms with van der Waals surface area (Å²) in [6.45, 7) is 5.46. The molecule has 1 N–H and O–H groups in total. The second kappa shape index (κ2) is 7.20. The molecular formula is C10H13N2NaO3S. The van der Waals surface area contributed by atoms with E-state index in [1.165, 1.54) is 17.8 Å². The van der Waals surface area contributed by atoms with E-state index in [-0.39, 0.29) is 36.0 Å². The topological polar surface area (TPSA) is 81.6 Å². The fraction of sp³-hybridized carbons (Fsp3) is 0.500. The third kappa shape index (κ3) is 3.58. The number of amides is 3. The number of rotatable bonds is 5. The molecule has 1 aliphatic heterocycles. The van der Waals surface area contributed by atoms with Crippen LogP contribution in [-0.2, 0) is 4.79 Å². The van der Waals surface area contributed by atoms with Gasteiger partial charge in [-0.25, -0.2) is 9.79 Å². The number of thioether (sulfide) groups is 1. The Balaban J connectivity index is 0.00000256. The molecule has 3 amide bonds. The van der Waals surface area contributed by atoms with Crippen LogP contribution in [-0.4, -0.2) is 29.3 Å². The van der Waals surface area contributed by atoms with Crippen molar-refractivity contribution in [3.8, 4) is 0 Å². The molecule has 1 unspecified atom stereocenters. The minimum Gasteiger partial charge on any atom is -0.861 e. The summed E-state index contributed by atoms with van der Waals surface area (Å²) in [5.74, 6) is -0.134. The maximum absolute atomic E-state index is 11.8. The first-order valence-corrected chi connectivity index (χ1v) is 6.02. The number of carbonyl (C=O) groups is 2. The molecule has 0 saturated carbocycles. The first kappa shape index (κ1) is 16.7. The molecule has 88 valence electrons. The van der Waals surface area contributed by atoms with Gasteiger partial charge >= 0.3 is 35.6 Å². The molecular weight excluding hydrogens is 251 g/mol. The van der Waals surface area contributed by atoms with Crippen molar-refractivity contribution in [2.24, 2.45) is 10.4 Å². The van der Waals surface area contributed by atoms with Crippen LogP contribution in [0.15, 0.2) is 17.6 Å². The monoisotopic (exact) mass is 264 g/mol. The second-order valence-corrected chi connectivity index (χ2v) is 4.66. The Morgan fingerprint density at radius 1 is 1.59 bits per heavy atom. The number of aliphatic imine (C=N–C) groups is 1. The Morgan fingerprint density at radius 2 is 2.24 bits per heavy atom. The molecule has 1 rings (SSSR count). The van der Waals surface area contributed by atoms with Gasteiger partial charge in [-0.3, -0.25) is 10.1 Å². The van der Waals surface area contributed by atoms with Crippen molar-refractivity contribution >= 4 is 29.6 Å². The average molecular weight is 264 g/mol. The van der Waals surface area contributed by atoms with E-state index in [4.69, 9.17) is 0 Å². The average Bonchev–Trinajstić information content (AvgIpc) is 2.22. The Bertz CT molecular complexity index is 359. The number of nitrogens with zero attached hydrogens (tertiary/aromatic N) is 1. The molecule has 0 aromatic carbocycles. The maximum Gasteiger partial charge on any atom is 1.00 e. The Morgan fingerprint density at radius 3 is 2.71 bits per heavy atom. The number of allylic oxidation sites excluding steroid dienone is 1. The van der Waals surface area contributed by atoms with Crippen LogP contribution in [0.3, 0.4) is 0 Å². The van der Waals surface area contributed by atoms with E-state index in [2.05, 4.69) is 16.9 Å². The predicted molar refractivity (Wildman–Crippen MR) is 61.2 cm³/mol. The van der Waals surface area contributed by atoms with Crippen LogP contribution >= 0.6 is 11.8 Å². The molecule has 0 bridgehead atoms. The number of hydrogen-bond donors (Lipinski definition) is 1. The molecule has 0 aromatic heterocycles. The van der Waals surface area contributed by atoms with E-state index < -0.39 is 23.3 Å². The summed E-state index contributed by atoms with van der Waals surface area (Å²) in [7, 11) is 0. The normalized spacial score (nSPS) is 23.5. The van der Waals surface area contributed by atoms with Crippen molar-refractivity contribution in [2.45, 2.75) is 13.3 Å². The standard InChI is InChI=1S/C10H14N2O3S.Na/c1-3-5-10(6-16-4-2)7(13)11-9(15)12-8(10)14;/h3H,1,4-6H2,2H3,(H2,11,12,13,14,15);/q;+1/p-1. The zero-order valence-corrected chi connectivity index (χ0v) is 12.8. The smallest absolute Gasteiger partial charge is 0.861 e. The Kier molecular flexibility index (Phi) is 7.08. The van der Waals surface area contributed by atoms with E-state index in [1.807, 2.05) is 6.92 Å². The van der Waals surface area contributed by atoms with Crippen molar-refractivity contribution in [1.82, 2.24) is 5.32 Å². The predicted octanol–water partition coefficient (Wildman–Crippen LogP) is -2.69. The van der Waals surface area contributed by atoms with Crippen molar-refractivity contribution in [1.29, 1.82) is 0 Å². The second-order valence-electron chi connectivity index (χ2n) is 3.39. The quantitative estimate of drug-likeness (QED) is 0.433. The van der Waals surface area contributed by atoms with Crippen LogP contribution in [0, 0.1) is 5.41 Å². The zero-order valence-electron chi connectivity index (χ0n) is 9.99. The van der Waals surface area contributed by atoms with Crippen molar-refractivity contribution in [3.05, 3.63) is 12.7 Å². The van der Waals surface area contributed by atoms with Crippen LogP contribution in [0.25, 0.3) is 0 Å². The third-order valence-corrected chi connectivity index (χ3v) is 3.42. The number of nitrogens with one attached hydrogen (secondary N) is 1. The SMILES string of the molecule is C=CCC1(CSCC)C(=O)NC(=O)N=C1[O-].[Na+]. The fourth-order valence-corrected chi connectivity index (χ4v) is 2.35. The van der Waals surface area contributed by atoms with Crippen LogP contribution in [0.5, 0.6) is 0 Å². The van der Waals surface area contributed by atoms with E-state index in [9.17, 15) is 14.7 Å². The van der Waals surface area contributed by atoms with Gasteiger partial charge < -0.3 is 5.11 Å². The summed E-state index contributed by atoms with van der Waals surface area (Å²) < 4.78 is 0.